The second kappa shape index (κ2) is 11.4. The van der Waals surface area contributed by atoms with Crippen molar-refractivity contribution in [3.05, 3.63) is 83.4 Å². The minimum absolute atomic E-state index is 0.136. The highest BCUT2D eigenvalue weighted by atomic mass is 32.2. The molecule has 0 fully saturated rings. The molecule has 1 amide bonds. The number of nitrogens with zero attached hydrogens (tertiary/aromatic N) is 1. The molecule has 8 heteroatoms. The molecule has 0 saturated heterocycles. The molecule has 0 heterocycles. The Hall–Kier alpha value is -2.97. The highest BCUT2D eigenvalue weighted by Crippen LogP contribution is 2.25. The van der Waals surface area contributed by atoms with E-state index in [1.165, 1.54) is 11.8 Å². The van der Waals surface area contributed by atoms with E-state index in [4.69, 9.17) is 4.74 Å². The molecule has 0 aromatic heterocycles. The maximum atomic E-state index is 13.4. The zero-order chi connectivity index (χ0) is 24.7. The molecule has 0 bridgehead atoms. The monoisotopic (exact) mass is 498 g/mol. The molecular weight excluding hydrogens is 468 g/mol. The van der Waals surface area contributed by atoms with Gasteiger partial charge in [0, 0.05) is 4.90 Å². The van der Waals surface area contributed by atoms with Gasteiger partial charge in [-0.3, -0.25) is 9.10 Å². The predicted molar refractivity (Wildman–Crippen MR) is 138 cm³/mol. The first-order chi connectivity index (χ1) is 16.2. The van der Waals surface area contributed by atoms with Crippen LogP contribution in [0, 0.1) is 20.8 Å². The number of benzene rings is 3. The van der Waals surface area contributed by atoms with Gasteiger partial charge in [-0.25, -0.2) is 8.42 Å². The number of sulfonamides is 1. The number of nitrogens with one attached hydrogen (secondary N) is 1. The van der Waals surface area contributed by atoms with Gasteiger partial charge >= 0.3 is 0 Å². The van der Waals surface area contributed by atoms with Gasteiger partial charge in [0.1, 0.15) is 18.9 Å². The summed E-state index contributed by atoms with van der Waals surface area (Å²) in [6, 6.07) is 19.6. The summed E-state index contributed by atoms with van der Waals surface area (Å²) in [5, 5.41) is 2.76. The lowest BCUT2D eigenvalue weighted by Crippen LogP contribution is -2.41. The fraction of sp³-hybridized carbons (Fsp3) is 0.269. The Balaban J connectivity index is 1.70. The molecule has 3 aromatic rings. The third kappa shape index (κ3) is 6.55. The number of hydrogen-bond acceptors (Lipinski definition) is 5. The summed E-state index contributed by atoms with van der Waals surface area (Å²) in [5.41, 5.74) is 3.61. The molecular formula is C26H30N2O4S2. The van der Waals surface area contributed by atoms with E-state index in [9.17, 15) is 13.2 Å². The van der Waals surface area contributed by atoms with E-state index in [2.05, 4.69) is 5.32 Å². The molecule has 0 aliphatic heterocycles. The Bertz CT molecular complexity index is 1220. The first kappa shape index (κ1) is 25.6. The number of carbonyl (C=O) groups excluding carboxylic acids is 1. The molecule has 6 nitrogen and oxygen atoms in total. The van der Waals surface area contributed by atoms with Crippen LogP contribution in [0.25, 0.3) is 0 Å². The number of ether oxygens (including phenoxy) is 1. The molecule has 0 saturated carbocycles. The summed E-state index contributed by atoms with van der Waals surface area (Å²) in [5.74, 6) is 0.353. The fourth-order valence-corrected chi connectivity index (χ4v) is 5.23. The van der Waals surface area contributed by atoms with E-state index >= 15 is 0 Å². The third-order valence-electron chi connectivity index (χ3n) is 5.27. The van der Waals surface area contributed by atoms with E-state index < -0.39 is 15.9 Å². The Morgan fingerprint density at radius 3 is 2.21 bits per heavy atom. The average molecular weight is 499 g/mol. The van der Waals surface area contributed by atoms with Gasteiger partial charge in [0.05, 0.1) is 17.1 Å². The molecule has 0 aliphatic rings. The lowest BCUT2D eigenvalue weighted by molar-refractivity contribution is -0.119. The van der Waals surface area contributed by atoms with Crippen molar-refractivity contribution in [3.8, 4) is 5.75 Å². The molecule has 0 atom stereocenters. The average Bonchev–Trinajstić information content (AvgIpc) is 2.82. The van der Waals surface area contributed by atoms with Crippen molar-refractivity contribution >= 4 is 33.4 Å². The smallest absolute Gasteiger partial charge is 0.264 e. The van der Waals surface area contributed by atoms with Crippen LogP contribution < -0.4 is 14.4 Å². The molecule has 0 spiro atoms. The summed E-state index contributed by atoms with van der Waals surface area (Å²) < 4.78 is 33.8. The van der Waals surface area contributed by atoms with Crippen LogP contribution in [0.1, 0.15) is 16.7 Å². The summed E-state index contributed by atoms with van der Waals surface area (Å²) in [6.07, 6.45) is 1.93. The summed E-state index contributed by atoms with van der Waals surface area (Å²) in [6.45, 7) is 6.11. The van der Waals surface area contributed by atoms with Gasteiger partial charge in [-0.2, -0.15) is 0 Å². The first-order valence-corrected chi connectivity index (χ1v) is 13.6. The van der Waals surface area contributed by atoms with Crippen molar-refractivity contribution in [1.82, 2.24) is 5.32 Å². The van der Waals surface area contributed by atoms with Crippen LogP contribution in [0.3, 0.4) is 0 Å². The number of rotatable bonds is 10. The third-order valence-corrected chi connectivity index (χ3v) is 7.80. The van der Waals surface area contributed by atoms with Gasteiger partial charge in [-0.15, -0.1) is 11.8 Å². The topological polar surface area (TPSA) is 75.7 Å². The van der Waals surface area contributed by atoms with Gasteiger partial charge in [-0.1, -0.05) is 35.4 Å². The van der Waals surface area contributed by atoms with Gasteiger partial charge in [0.15, 0.2) is 0 Å². The molecule has 0 unspecified atom stereocenters. The molecule has 180 valence electrons. The van der Waals surface area contributed by atoms with Gasteiger partial charge in [0.25, 0.3) is 10.0 Å². The SMILES string of the molecule is CSc1ccc(S(=O)(=O)N(CC(=O)NCCOc2ccc(C)cc2C)c2ccc(C)cc2)cc1. The molecule has 3 rings (SSSR count). The van der Waals surface area contributed by atoms with Crippen LogP contribution in [0.5, 0.6) is 5.75 Å². The van der Waals surface area contributed by atoms with E-state index in [1.54, 1.807) is 36.4 Å². The molecule has 0 aliphatic carbocycles. The highest BCUT2D eigenvalue weighted by molar-refractivity contribution is 7.98. The summed E-state index contributed by atoms with van der Waals surface area (Å²) >= 11 is 1.53. The van der Waals surface area contributed by atoms with Crippen molar-refractivity contribution in [1.29, 1.82) is 0 Å². The summed E-state index contributed by atoms with van der Waals surface area (Å²) in [4.78, 5) is 13.8. The maximum Gasteiger partial charge on any atom is 0.264 e. The van der Waals surface area contributed by atoms with E-state index in [1.807, 2.05) is 57.4 Å². The number of carbonyl (C=O) groups is 1. The molecule has 0 radical (unpaired) electrons. The number of thioether (sulfide) groups is 1. The Labute approximate surface area is 206 Å². The number of amides is 1. The second-order valence-electron chi connectivity index (χ2n) is 7.99. The number of aryl methyl sites for hydroxylation is 3. The predicted octanol–water partition coefficient (Wildman–Crippen LogP) is 4.72. The van der Waals surface area contributed by atoms with Crippen LogP contribution in [-0.4, -0.2) is 40.3 Å². The van der Waals surface area contributed by atoms with E-state index in [0.29, 0.717) is 5.69 Å². The second-order valence-corrected chi connectivity index (χ2v) is 10.7. The highest BCUT2D eigenvalue weighted by Gasteiger charge is 2.27. The number of anilines is 1. The van der Waals surface area contributed by atoms with E-state index in [-0.39, 0.29) is 24.6 Å². The Morgan fingerprint density at radius 2 is 1.59 bits per heavy atom. The van der Waals surface area contributed by atoms with Crippen LogP contribution in [-0.2, 0) is 14.8 Å². The van der Waals surface area contributed by atoms with Crippen molar-refractivity contribution in [3.63, 3.8) is 0 Å². The van der Waals surface area contributed by atoms with Crippen molar-refractivity contribution in [2.75, 3.05) is 30.3 Å². The minimum atomic E-state index is -3.94. The Kier molecular flexibility index (Phi) is 8.63. The van der Waals surface area contributed by atoms with Crippen molar-refractivity contribution in [2.24, 2.45) is 0 Å². The zero-order valence-electron chi connectivity index (χ0n) is 19.9. The quantitative estimate of drug-likeness (QED) is 0.323. The van der Waals surface area contributed by atoms with Crippen LogP contribution >= 0.6 is 11.8 Å². The van der Waals surface area contributed by atoms with Crippen molar-refractivity contribution < 1.29 is 17.9 Å². The van der Waals surface area contributed by atoms with E-state index in [0.717, 1.165) is 31.6 Å². The van der Waals surface area contributed by atoms with Gasteiger partial charge in [-0.05, 0) is 75.1 Å². The standard InChI is InChI=1S/C26H30N2O4S2/c1-19-5-8-22(9-6-19)28(34(30,31)24-12-10-23(33-4)11-13-24)18-26(29)27-15-16-32-25-14-7-20(2)17-21(25)3/h5-14,17H,15-16,18H2,1-4H3,(H,27,29). The lowest BCUT2D eigenvalue weighted by Gasteiger charge is -2.24. The molecule has 3 aromatic carbocycles. The Morgan fingerprint density at radius 1 is 0.941 bits per heavy atom. The minimum Gasteiger partial charge on any atom is -0.491 e. The summed E-state index contributed by atoms with van der Waals surface area (Å²) in [7, 11) is -3.94. The van der Waals surface area contributed by atoms with Gasteiger partial charge < -0.3 is 10.1 Å². The first-order valence-electron chi connectivity index (χ1n) is 10.9. The van der Waals surface area contributed by atoms with Crippen LogP contribution in [0.15, 0.2) is 76.5 Å². The van der Waals surface area contributed by atoms with Crippen molar-refractivity contribution in [2.45, 2.75) is 30.6 Å². The number of hydrogen-bond donors (Lipinski definition) is 1. The fourth-order valence-electron chi connectivity index (χ4n) is 3.40. The zero-order valence-corrected chi connectivity index (χ0v) is 21.5. The van der Waals surface area contributed by atoms with Crippen LogP contribution in [0.2, 0.25) is 0 Å². The largest absolute Gasteiger partial charge is 0.491 e. The van der Waals surface area contributed by atoms with Gasteiger partial charge in [0.2, 0.25) is 5.91 Å². The molecule has 1 N–H and O–H groups in total. The molecule has 34 heavy (non-hydrogen) atoms. The maximum absolute atomic E-state index is 13.4. The lowest BCUT2D eigenvalue weighted by atomic mass is 10.1. The van der Waals surface area contributed by atoms with Crippen LogP contribution in [0.4, 0.5) is 5.69 Å². The normalized spacial score (nSPS) is 11.2.